The van der Waals surface area contributed by atoms with Crippen molar-refractivity contribution in [3.8, 4) is 23.0 Å². The number of rotatable bonds is 10. The number of pyridine rings is 1. The second-order valence-corrected chi connectivity index (χ2v) is 7.88. The normalized spacial score (nSPS) is 10.9. The van der Waals surface area contributed by atoms with Gasteiger partial charge in [-0.15, -0.1) is 0 Å². The van der Waals surface area contributed by atoms with Crippen LogP contribution < -0.4 is 29.8 Å². The van der Waals surface area contributed by atoms with Gasteiger partial charge in [-0.1, -0.05) is 0 Å². The topological polar surface area (TPSA) is 133 Å². The summed E-state index contributed by atoms with van der Waals surface area (Å²) in [7, 11) is 6.15. The van der Waals surface area contributed by atoms with E-state index in [1.54, 1.807) is 64.5 Å². The molecule has 0 radical (unpaired) electrons. The monoisotopic (exact) mass is 519 g/mol. The minimum absolute atomic E-state index is 0.203. The summed E-state index contributed by atoms with van der Waals surface area (Å²) in [6.07, 6.45) is 2.93. The lowest BCUT2D eigenvalue weighted by molar-refractivity contribution is 0.0954. The number of hydrazone groups is 2. The molecule has 198 valence electrons. The van der Waals surface area contributed by atoms with E-state index in [1.165, 1.54) is 32.7 Å². The van der Waals surface area contributed by atoms with Crippen LogP contribution in [0.25, 0.3) is 0 Å². The fraction of sp³-hybridized carbons (Fsp3) is 0.222. The summed E-state index contributed by atoms with van der Waals surface area (Å²) < 4.78 is 21.0. The van der Waals surface area contributed by atoms with Gasteiger partial charge in [0.2, 0.25) is 0 Å². The number of hydrogen-bond acceptors (Lipinski definition) is 9. The van der Waals surface area contributed by atoms with Gasteiger partial charge in [-0.25, -0.2) is 10.9 Å². The molecule has 3 aromatic rings. The first-order valence-electron chi connectivity index (χ1n) is 11.4. The van der Waals surface area contributed by atoms with Gasteiger partial charge in [0.25, 0.3) is 11.8 Å². The molecule has 2 amide bonds. The van der Waals surface area contributed by atoms with Gasteiger partial charge in [-0.05, 0) is 67.4 Å². The second kappa shape index (κ2) is 12.9. The first-order valence-corrected chi connectivity index (χ1v) is 11.4. The van der Waals surface area contributed by atoms with E-state index in [9.17, 15) is 9.59 Å². The van der Waals surface area contributed by atoms with Crippen LogP contribution in [0.15, 0.2) is 52.7 Å². The van der Waals surface area contributed by atoms with Crippen molar-refractivity contribution < 1.29 is 28.5 Å². The predicted octanol–water partition coefficient (Wildman–Crippen LogP) is 3.26. The lowest BCUT2D eigenvalue weighted by atomic mass is 10.1. The van der Waals surface area contributed by atoms with E-state index in [-0.39, 0.29) is 11.1 Å². The van der Waals surface area contributed by atoms with Crippen molar-refractivity contribution in [2.24, 2.45) is 10.2 Å². The highest BCUT2D eigenvalue weighted by atomic mass is 16.5. The van der Waals surface area contributed by atoms with Crippen molar-refractivity contribution in [1.82, 2.24) is 15.8 Å². The Morgan fingerprint density at radius 3 is 1.42 bits per heavy atom. The summed E-state index contributed by atoms with van der Waals surface area (Å²) in [5, 5.41) is 8.01. The van der Waals surface area contributed by atoms with Crippen molar-refractivity contribution in [2.45, 2.75) is 13.8 Å². The minimum Gasteiger partial charge on any atom is -0.493 e. The Balaban J connectivity index is 1.71. The van der Waals surface area contributed by atoms with E-state index >= 15 is 0 Å². The highest BCUT2D eigenvalue weighted by Gasteiger charge is 2.17. The van der Waals surface area contributed by atoms with Gasteiger partial charge >= 0.3 is 0 Å². The summed E-state index contributed by atoms with van der Waals surface area (Å²) in [5.74, 6) is 1.18. The fourth-order valence-corrected chi connectivity index (χ4v) is 3.50. The third kappa shape index (κ3) is 6.64. The molecular formula is C27H29N5O6. The Morgan fingerprint density at radius 2 is 1.05 bits per heavy atom. The van der Waals surface area contributed by atoms with Crippen molar-refractivity contribution in [3.63, 3.8) is 0 Å². The molecule has 11 heteroatoms. The number of methoxy groups -OCH3 is 4. The largest absolute Gasteiger partial charge is 0.493 e. The number of carbonyl (C=O) groups excluding carboxylic acids is 2. The summed E-state index contributed by atoms with van der Waals surface area (Å²) in [5.41, 5.74) is 7.60. The number of aromatic nitrogens is 1. The standard InChI is InChI=1S/C27H29N5O6/c1-16-20(26(33)31-28-14-18-7-9-22(35-3)24(11-18)37-5)13-21(17(2)30-16)27(34)32-29-15-19-8-10-23(36-4)25(12-19)38-6/h7-15H,1-6H3,(H,31,33)(H,32,34)/b28-14+,29-15+. The van der Waals surface area contributed by atoms with Crippen LogP contribution in [0, 0.1) is 13.8 Å². The average Bonchev–Trinajstić information content (AvgIpc) is 2.92. The Labute approximate surface area is 220 Å². The van der Waals surface area contributed by atoms with Crippen LogP contribution in [0.3, 0.4) is 0 Å². The average molecular weight is 520 g/mol. The molecule has 0 saturated carbocycles. The first kappa shape index (κ1) is 27.7. The van der Waals surface area contributed by atoms with Gasteiger partial charge < -0.3 is 18.9 Å². The van der Waals surface area contributed by atoms with Crippen molar-refractivity contribution >= 4 is 24.2 Å². The van der Waals surface area contributed by atoms with Gasteiger partial charge in [0.1, 0.15) is 0 Å². The van der Waals surface area contributed by atoms with E-state index in [2.05, 4.69) is 26.0 Å². The Hall–Kier alpha value is -4.93. The number of nitrogens with zero attached hydrogens (tertiary/aromatic N) is 3. The molecule has 11 nitrogen and oxygen atoms in total. The first-order chi connectivity index (χ1) is 18.3. The number of carbonyl (C=O) groups is 2. The predicted molar refractivity (Wildman–Crippen MR) is 143 cm³/mol. The molecule has 0 aliphatic carbocycles. The summed E-state index contributed by atoms with van der Waals surface area (Å²) >= 11 is 0. The molecule has 0 unspecified atom stereocenters. The molecule has 0 fully saturated rings. The maximum atomic E-state index is 12.8. The van der Waals surface area contributed by atoms with Crippen LogP contribution in [0.1, 0.15) is 43.2 Å². The molecule has 1 aromatic heterocycles. The van der Waals surface area contributed by atoms with Crippen LogP contribution in [0.4, 0.5) is 0 Å². The van der Waals surface area contributed by atoms with Gasteiger partial charge in [0.15, 0.2) is 23.0 Å². The number of benzene rings is 2. The van der Waals surface area contributed by atoms with Gasteiger partial charge in [0, 0.05) is 0 Å². The Morgan fingerprint density at radius 1 is 0.658 bits per heavy atom. The number of aryl methyl sites for hydroxylation is 2. The van der Waals surface area contributed by atoms with Gasteiger partial charge in [-0.3, -0.25) is 14.6 Å². The summed E-state index contributed by atoms with van der Waals surface area (Å²) in [4.78, 5) is 29.9. The SMILES string of the molecule is COc1ccc(/C=N/NC(=O)c2cc(C(=O)N/N=C/c3ccc(OC)c(OC)c3)c(C)nc2C)cc1OC. The lowest BCUT2D eigenvalue weighted by Gasteiger charge is -2.10. The molecule has 0 aliphatic rings. The molecule has 0 atom stereocenters. The minimum atomic E-state index is -0.519. The van der Waals surface area contributed by atoms with E-state index in [0.29, 0.717) is 45.5 Å². The van der Waals surface area contributed by atoms with Crippen LogP contribution >= 0.6 is 0 Å². The smallest absolute Gasteiger partial charge is 0.273 e. The van der Waals surface area contributed by atoms with Crippen molar-refractivity contribution in [2.75, 3.05) is 28.4 Å². The molecule has 0 saturated heterocycles. The maximum absolute atomic E-state index is 12.8. The molecule has 0 aliphatic heterocycles. The van der Waals surface area contributed by atoms with Crippen molar-refractivity contribution in [3.05, 3.63) is 76.1 Å². The number of ether oxygens (including phenoxy) is 4. The van der Waals surface area contributed by atoms with E-state index in [4.69, 9.17) is 18.9 Å². The Bertz CT molecular complexity index is 1290. The van der Waals surface area contributed by atoms with Crippen LogP contribution in [0.5, 0.6) is 23.0 Å². The molecular weight excluding hydrogens is 490 g/mol. The van der Waals surface area contributed by atoms with Gasteiger partial charge in [0.05, 0.1) is 63.4 Å². The molecule has 1 heterocycles. The third-order valence-electron chi connectivity index (χ3n) is 5.47. The molecule has 0 spiro atoms. The number of hydrogen-bond donors (Lipinski definition) is 2. The van der Waals surface area contributed by atoms with E-state index < -0.39 is 11.8 Å². The van der Waals surface area contributed by atoms with E-state index in [0.717, 1.165) is 0 Å². The lowest BCUT2D eigenvalue weighted by Crippen LogP contribution is -2.23. The van der Waals surface area contributed by atoms with Crippen LogP contribution in [-0.2, 0) is 0 Å². The third-order valence-corrected chi connectivity index (χ3v) is 5.47. The molecule has 38 heavy (non-hydrogen) atoms. The van der Waals surface area contributed by atoms with Crippen LogP contribution in [-0.4, -0.2) is 57.7 Å². The number of amides is 2. The number of nitrogens with one attached hydrogen (secondary N) is 2. The summed E-state index contributed by atoms with van der Waals surface area (Å²) in [6, 6.07) is 11.9. The summed E-state index contributed by atoms with van der Waals surface area (Å²) in [6.45, 7) is 3.35. The molecule has 2 aromatic carbocycles. The van der Waals surface area contributed by atoms with Crippen molar-refractivity contribution in [1.29, 1.82) is 0 Å². The molecule has 0 bridgehead atoms. The highest BCUT2D eigenvalue weighted by Crippen LogP contribution is 2.27. The van der Waals surface area contributed by atoms with Gasteiger partial charge in [-0.2, -0.15) is 10.2 Å². The van der Waals surface area contributed by atoms with E-state index in [1.807, 2.05) is 0 Å². The zero-order valence-electron chi connectivity index (χ0n) is 22.0. The zero-order chi connectivity index (χ0) is 27.7. The maximum Gasteiger partial charge on any atom is 0.273 e. The van der Waals surface area contributed by atoms with Crippen LogP contribution in [0.2, 0.25) is 0 Å². The molecule has 2 N–H and O–H groups in total. The Kier molecular flexibility index (Phi) is 9.36. The second-order valence-electron chi connectivity index (χ2n) is 7.88. The molecule has 3 rings (SSSR count). The quantitative estimate of drug-likeness (QED) is 0.310. The zero-order valence-corrected chi connectivity index (χ0v) is 22.0. The highest BCUT2D eigenvalue weighted by molar-refractivity contribution is 6.01. The fourth-order valence-electron chi connectivity index (χ4n) is 3.50.